The number of hydrogen-bond acceptors (Lipinski definition) is 9. The second-order valence-corrected chi connectivity index (χ2v) is 6.41. The quantitative estimate of drug-likeness (QED) is 0.749. The highest BCUT2D eigenvalue weighted by Crippen LogP contribution is 2.30. The van der Waals surface area contributed by atoms with Gasteiger partial charge >= 0.3 is 5.97 Å². The van der Waals surface area contributed by atoms with E-state index in [-0.39, 0.29) is 6.42 Å². The van der Waals surface area contributed by atoms with E-state index in [4.69, 9.17) is 5.11 Å². The van der Waals surface area contributed by atoms with Crippen LogP contribution in [0.2, 0.25) is 0 Å². The number of tetrazole rings is 1. The predicted molar refractivity (Wildman–Crippen MR) is 72.4 cm³/mol. The molecule has 0 saturated heterocycles. The summed E-state index contributed by atoms with van der Waals surface area (Å²) in [5.74, 6) is -0.903. The predicted octanol–water partition coefficient (Wildman–Crippen LogP) is 1.35. The summed E-state index contributed by atoms with van der Waals surface area (Å²) in [6, 6.07) is 0. The number of rotatable bonds is 5. The molecule has 0 aliphatic heterocycles. The highest BCUT2D eigenvalue weighted by Gasteiger charge is 2.14. The van der Waals surface area contributed by atoms with Crippen LogP contribution in [0.1, 0.15) is 5.69 Å². The van der Waals surface area contributed by atoms with Crippen molar-refractivity contribution in [3.8, 4) is 5.13 Å². The Kier molecular flexibility index (Phi) is 3.71. The van der Waals surface area contributed by atoms with E-state index in [1.165, 1.54) is 39.1 Å². The molecule has 0 bridgehead atoms. The highest BCUT2D eigenvalue weighted by atomic mass is 32.2. The monoisotopic (exact) mass is 326 g/mol. The SMILES string of the molecule is O=C(O)Cc1csc(Sc2nnnn2-c2nccs2)n1. The molecule has 0 aliphatic rings. The zero-order chi connectivity index (χ0) is 13.9. The number of hydrogen-bond donors (Lipinski definition) is 1. The molecule has 0 spiro atoms. The van der Waals surface area contributed by atoms with E-state index >= 15 is 0 Å². The van der Waals surface area contributed by atoms with Gasteiger partial charge in [-0.2, -0.15) is 4.68 Å². The molecule has 0 fully saturated rings. The third kappa shape index (κ3) is 2.84. The minimum atomic E-state index is -0.903. The molecule has 1 N–H and O–H groups in total. The molecule has 0 atom stereocenters. The maximum Gasteiger partial charge on any atom is 0.309 e. The summed E-state index contributed by atoms with van der Waals surface area (Å²) in [7, 11) is 0. The summed E-state index contributed by atoms with van der Waals surface area (Å²) in [4.78, 5) is 19.0. The molecule has 20 heavy (non-hydrogen) atoms. The zero-order valence-electron chi connectivity index (χ0n) is 9.70. The fourth-order valence-corrected chi connectivity index (χ4v) is 3.69. The number of aromatic nitrogens is 6. The van der Waals surface area contributed by atoms with Crippen LogP contribution in [0.25, 0.3) is 5.13 Å². The molecule has 8 nitrogen and oxygen atoms in total. The molecular formula is C9H6N6O2S3. The smallest absolute Gasteiger partial charge is 0.309 e. The van der Waals surface area contributed by atoms with Crippen molar-refractivity contribution < 1.29 is 9.90 Å². The summed E-state index contributed by atoms with van der Waals surface area (Å²) in [5, 5.41) is 24.9. The van der Waals surface area contributed by atoms with Crippen LogP contribution in [-0.4, -0.2) is 41.3 Å². The van der Waals surface area contributed by atoms with Gasteiger partial charge in [0.05, 0.1) is 12.1 Å². The van der Waals surface area contributed by atoms with E-state index in [2.05, 4.69) is 25.5 Å². The largest absolute Gasteiger partial charge is 0.481 e. The first kappa shape index (κ1) is 13.1. The fourth-order valence-electron chi connectivity index (χ4n) is 1.33. The van der Waals surface area contributed by atoms with E-state index in [1.54, 1.807) is 11.6 Å². The second kappa shape index (κ2) is 5.64. The Hall–Kier alpha value is -1.85. The number of thiazole rings is 2. The van der Waals surface area contributed by atoms with Gasteiger partial charge in [-0.3, -0.25) is 4.79 Å². The first-order chi connectivity index (χ1) is 9.72. The van der Waals surface area contributed by atoms with Crippen LogP contribution >= 0.6 is 34.4 Å². The third-order valence-electron chi connectivity index (χ3n) is 2.08. The summed E-state index contributed by atoms with van der Waals surface area (Å²) in [6.45, 7) is 0. The highest BCUT2D eigenvalue weighted by molar-refractivity contribution is 8.00. The van der Waals surface area contributed by atoms with Crippen molar-refractivity contribution in [3.05, 3.63) is 22.7 Å². The normalized spacial score (nSPS) is 10.8. The molecule has 11 heteroatoms. The molecule has 0 saturated carbocycles. The van der Waals surface area contributed by atoms with E-state index in [0.717, 1.165) is 0 Å². The Morgan fingerprint density at radius 3 is 3.10 bits per heavy atom. The second-order valence-electron chi connectivity index (χ2n) is 3.47. The van der Waals surface area contributed by atoms with Gasteiger partial charge < -0.3 is 5.11 Å². The average molecular weight is 326 g/mol. The molecule has 0 aliphatic carbocycles. The first-order valence-corrected chi connectivity index (χ1v) is 7.82. The summed E-state index contributed by atoms with van der Waals surface area (Å²) in [5.41, 5.74) is 0.526. The molecule has 3 aromatic rings. The van der Waals surface area contributed by atoms with Gasteiger partial charge in [0.25, 0.3) is 0 Å². The van der Waals surface area contributed by atoms with Crippen LogP contribution in [-0.2, 0) is 11.2 Å². The number of carbonyl (C=O) groups is 1. The van der Waals surface area contributed by atoms with Crippen molar-refractivity contribution in [3.63, 3.8) is 0 Å². The molecule has 3 aromatic heterocycles. The minimum Gasteiger partial charge on any atom is -0.481 e. The lowest BCUT2D eigenvalue weighted by molar-refractivity contribution is -0.136. The van der Waals surface area contributed by atoms with E-state index in [1.807, 2.05) is 5.38 Å². The van der Waals surface area contributed by atoms with Gasteiger partial charge in [0.2, 0.25) is 10.3 Å². The zero-order valence-corrected chi connectivity index (χ0v) is 12.2. The molecule has 0 amide bonds. The average Bonchev–Trinajstić information content (AvgIpc) is 3.10. The minimum absolute atomic E-state index is 0.0888. The summed E-state index contributed by atoms with van der Waals surface area (Å²) >= 11 is 4.05. The number of carboxylic acid groups (broad SMARTS) is 1. The van der Waals surface area contributed by atoms with E-state index < -0.39 is 5.97 Å². The van der Waals surface area contributed by atoms with E-state index in [0.29, 0.717) is 20.3 Å². The van der Waals surface area contributed by atoms with Crippen LogP contribution in [0.3, 0.4) is 0 Å². The Morgan fingerprint density at radius 1 is 1.45 bits per heavy atom. The van der Waals surface area contributed by atoms with Gasteiger partial charge in [-0.25, -0.2) is 9.97 Å². The molecule has 0 radical (unpaired) electrons. The topological polar surface area (TPSA) is 107 Å². The Bertz CT molecular complexity index is 722. The maximum absolute atomic E-state index is 10.6. The molecule has 0 unspecified atom stereocenters. The van der Waals surface area contributed by atoms with Gasteiger partial charge in [-0.15, -0.1) is 27.8 Å². The van der Waals surface area contributed by atoms with Crippen LogP contribution < -0.4 is 0 Å². The van der Waals surface area contributed by atoms with Gasteiger partial charge in [0, 0.05) is 17.0 Å². The van der Waals surface area contributed by atoms with Crippen molar-refractivity contribution in [1.29, 1.82) is 0 Å². The van der Waals surface area contributed by atoms with Crippen molar-refractivity contribution in [2.75, 3.05) is 0 Å². The van der Waals surface area contributed by atoms with E-state index in [9.17, 15) is 4.79 Å². The van der Waals surface area contributed by atoms with Crippen molar-refractivity contribution in [2.45, 2.75) is 15.9 Å². The summed E-state index contributed by atoms with van der Waals surface area (Å²) in [6.07, 6.45) is 1.58. The number of aliphatic carboxylic acids is 1. The number of carboxylic acids is 1. The molecule has 3 heterocycles. The Balaban J connectivity index is 1.80. The maximum atomic E-state index is 10.6. The van der Waals surface area contributed by atoms with Crippen LogP contribution in [0.15, 0.2) is 26.5 Å². The lowest BCUT2D eigenvalue weighted by Gasteiger charge is -1.97. The van der Waals surface area contributed by atoms with Gasteiger partial charge in [0.15, 0.2) is 4.34 Å². The van der Waals surface area contributed by atoms with Crippen LogP contribution in [0.4, 0.5) is 0 Å². The molecule has 102 valence electrons. The number of nitrogens with zero attached hydrogens (tertiary/aromatic N) is 6. The molecular weight excluding hydrogens is 320 g/mol. The Morgan fingerprint density at radius 2 is 2.35 bits per heavy atom. The van der Waals surface area contributed by atoms with Crippen LogP contribution in [0, 0.1) is 0 Å². The van der Waals surface area contributed by atoms with Crippen molar-refractivity contribution in [1.82, 2.24) is 30.2 Å². The van der Waals surface area contributed by atoms with Crippen molar-refractivity contribution in [2.24, 2.45) is 0 Å². The van der Waals surface area contributed by atoms with Gasteiger partial charge in [-0.1, -0.05) is 0 Å². The first-order valence-electron chi connectivity index (χ1n) is 5.24. The molecule has 0 aromatic carbocycles. The third-order valence-corrected chi connectivity index (χ3v) is 4.75. The van der Waals surface area contributed by atoms with Gasteiger partial charge in [0.1, 0.15) is 0 Å². The Labute approximate surface area is 124 Å². The fraction of sp³-hybridized carbons (Fsp3) is 0.111. The standard InChI is InChI=1S/C9H6N6O2S3/c16-6(17)3-5-4-19-9(11-5)20-8-12-13-14-15(8)7-10-1-2-18-7/h1-2,4H,3H2,(H,16,17). The lowest BCUT2D eigenvalue weighted by Crippen LogP contribution is -2.00. The van der Waals surface area contributed by atoms with Gasteiger partial charge in [-0.05, 0) is 22.2 Å². The van der Waals surface area contributed by atoms with Crippen LogP contribution in [0.5, 0.6) is 0 Å². The summed E-state index contributed by atoms with van der Waals surface area (Å²) < 4.78 is 2.21. The van der Waals surface area contributed by atoms with Crippen molar-refractivity contribution >= 4 is 40.4 Å². The lowest BCUT2D eigenvalue weighted by atomic mass is 10.3. The molecule has 3 rings (SSSR count).